The first-order valence-corrected chi connectivity index (χ1v) is 6.28. The maximum Gasteiger partial charge on any atom is 0.416 e. The summed E-state index contributed by atoms with van der Waals surface area (Å²) in [6.07, 6.45) is -6.01. The number of benzene rings is 1. The van der Waals surface area contributed by atoms with E-state index in [1.54, 1.807) is 6.92 Å². The van der Waals surface area contributed by atoms with Crippen LogP contribution in [0.2, 0.25) is 0 Å². The largest absolute Gasteiger partial charge is 0.496 e. The van der Waals surface area contributed by atoms with Gasteiger partial charge in [-0.15, -0.1) is 0 Å². The number of aliphatic hydroxyl groups is 2. The van der Waals surface area contributed by atoms with E-state index in [0.717, 1.165) is 12.1 Å². The van der Waals surface area contributed by atoms with Gasteiger partial charge in [-0.2, -0.15) is 13.2 Å². The molecule has 20 heavy (non-hydrogen) atoms. The van der Waals surface area contributed by atoms with Crippen LogP contribution < -0.4 is 4.74 Å². The summed E-state index contributed by atoms with van der Waals surface area (Å²) in [7, 11) is 1.30. The van der Waals surface area contributed by atoms with E-state index in [-0.39, 0.29) is 18.1 Å². The van der Waals surface area contributed by atoms with E-state index in [4.69, 9.17) is 4.74 Å². The summed E-state index contributed by atoms with van der Waals surface area (Å²) < 4.78 is 42.9. The highest BCUT2D eigenvalue weighted by molar-refractivity contribution is 5.40. The molecule has 0 aliphatic carbocycles. The Morgan fingerprint density at radius 2 is 1.80 bits per heavy atom. The van der Waals surface area contributed by atoms with Crippen molar-refractivity contribution < 1.29 is 28.1 Å². The summed E-state index contributed by atoms with van der Waals surface area (Å²) in [5, 5.41) is 18.9. The molecule has 0 radical (unpaired) electrons. The molecule has 0 aliphatic heterocycles. The van der Waals surface area contributed by atoms with E-state index < -0.39 is 23.9 Å². The summed E-state index contributed by atoms with van der Waals surface area (Å²) in [6, 6.07) is 3.28. The molecular weight excluding hydrogens is 273 g/mol. The van der Waals surface area contributed by atoms with Gasteiger partial charge in [0.2, 0.25) is 0 Å². The molecule has 1 rings (SSSR count). The smallest absolute Gasteiger partial charge is 0.416 e. The Morgan fingerprint density at radius 1 is 1.20 bits per heavy atom. The number of alkyl halides is 3. The molecule has 3 nitrogen and oxygen atoms in total. The number of hydrogen-bond donors (Lipinski definition) is 2. The second-order valence-corrected chi connectivity index (χ2v) is 4.90. The van der Waals surface area contributed by atoms with Gasteiger partial charge in [-0.3, -0.25) is 0 Å². The Balaban J connectivity index is 3.01. The molecule has 0 amide bonds. The summed E-state index contributed by atoms with van der Waals surface area (Å²) in [5.41, 5.74) is -0.207. The van der Waals surface area contributed by atoms with Crippen molar-refractivity contribution in [2.75, 3.05) is 7.11 Å². The first kappa shape index (κ1) is 16.8. The van der Waals surface area contributed by atoms with Gasteiger partial charge in [-0.25, -0.2) is 0 Å². The molecule has 0 heterocycles. The van der Waals surface area contributed by atoms with Gasteiger partial charge in [0.15, 0.2) is 0 Å². The number of rotatable bonds is 5. The molecule has 6 heteroatoms. The molecule has 1 aromatic rings. The first-order chi connectivity index (χ1) is 9.16. The molecule has 2 N–H and O–H groups in total. The van der Waals surface area contributed by atoms with Crippen LogP contribution in [0.4, 0.5) is 13.2 Å². The van der Waals surface area contributed by atoms with Crippen LogP contribution in [-0.4, -0.2) is 29.5 Å². The normalized spacial score (nSPS) is 16.6. The van der Waals surface area contributed by atoms with Crippen molar-refractivity contribution in [3.8, 4) is 5.75 Å². The van der Waals surface area contributed by atoms with Gasteiger partial charge in [-0.05, 0) is 37.0 Å². The Hall–Kier alpha value is -1.27. The second kappa shape index (κ2) is 6.45. The van der Waals surface area contributed by atoms with Crippen molar-refractivity contribution in [1.29, 1.82) is 0 Å². The predicted octanol–water partition coefficient (Wildman–Crippen LogP) is 2.95. The number of halogens is 3. The lowest BCUT2D eigenvalue weighted by Crippen LogP contribution is -2.24. The monoisotopic (exact) mass is 292 g/mol. The zero-order valence-electron chi connectivity index (χ0n) is 11.6. The van der Waals surface area contributed by atoms with Crippen molar-refractivity contribution in [1.82, 2.24) is 0 Å². The fourth-order valence-corrected chi connectivity index (χ4v) is 1.98. The van der Waals surface area contributed by atoms with Crippen molar-refractivity contribution in [2.45, 2.75) is 44.6 Å². The lowest BCUT2D eigenvalue weighted by atomic mass is 9.92. The third-order valence-electron chi connectivity index (χ3n) is 3.24. The average molecular weight is 292 g/mol. The second-order valence-electron chi connectivity index (χ2n) is 4.90. The fraction of sp³-hybridized carbons (Fsp3) is 0.571. The van der Waals surface area contributed by atoms with Gasteiger partial charge < -0.3 is 14.9 Å². The van der Waals surface area contributed by atoms with Gasteiger partial charge in [0.25, 0.3) is 0 Å². The highest BCUT2D eigenvalue weighted by Crippen LogP contribution is 2.36. The van der Waals surface area contributed by atoms with Crippen molar-refractivity contribution >= 4 is 0 Å². The van der Waals surface area contributed by atoms with Crippen molar-refractivity contribution in [3.63, 3.8) is 0 Å². The van der Waals surface area contributed by atoms with Crippen LogP contribution in [0.25, 0.3) is 0 Å². The van der Waals surface area contributed by atoms with Crippen LogP contribution in [-0.2, 0) is 6.18 Å². The van der Waals surface area contributed by atoms with Gasteiger partial charge >= 0.3 is 6.18 Å². The first-order valence-electron chi connectivity index (χ1n) is 6.28. The highest BCUT2D eigenvalue weighted by Gasteiger charge is 2.31. The highest BCUT2D eigenvalue weighted by atomic mass is 19.4. The maximum absolute atomic E-state index is 12.6. The Morgan fingerprint density at radius 3 is 2.25 bits per heavy atom. The van der Waals surface area contributed by atoms with Gasteiger partial charge in [0.1, 0.15) is 5.75 Å². The zero-order valence-corrected chi connectivity index (χ0v) is 11.6. The van der Waals surface area contributed by atoms with Gasteiger partial charge in [0, 0.05) is 0 Å². The lowest BCUT2D eigenvalue weighted by Gasteiger charge is -2.21. The third kappa shape index (κ3) is 4.11. The zero-order chi connectivity index (χ0) is 15.5. The van der Waals surface area contributed by atoms with Crippen LogP contribution in [0.15, 0.2) is 18.2 Å². The number of methoxy groups -OCH3 is 1. The number of ether oxygens (including phenoxy) is 1. The summed E-state index contributed by atoms with van der Waals surface area (Å²) in [5.74, 6) is -0.109. The molecule has 1 aromatic carbocycles. The van der Waals surface area contributed by atoms with Crippen LogP contribution in [0.3, 0.4) is 0 Å². The summed E-state index contributed by atoms with van der Waals surface area (Å²) in [6.45, 7) is 3.22. The van der Waals surface area contributed by atoms with E-state index in [9.17, 15) is 23.4 Å². The predicted molar refractivity (Wildman–Crippen MR) is 68.7 cm³/mol. The van der Waals surface area contributed by atoms with Crippen LogP contribution >= 0.6 is 0 Å². The minimum Gasteiger partial charge on any atom is -0.496 e. The summed E-state index contributed by atoms with van der Waals surface area (Å²) >= 11 is 0. The molecule has 0 saturated carbocycles. The minimum atomic E-state index is -4.42. The average Bonchev–Trinajstić information content (AvgIpc) is 2.36. The van der Waals surface area contributed by atoms with E-state index >= 15 is 0 Å². The standard InChI is InChI=1S/C14H19F3O3/c1-8(6-12(19)9(2)18)11-5-4-10(14(15,16)17)7-13(11)20-3/h4-5,7-9,12,18-19H,6H2,1-3H3. The molecule has 0 aromatic heterocycles. The third-order valence-corrected chi connectivity index (χ3v) is 3.24. The molecule has 0 aliphatic rings. The topological polar surface area (TPSA) is 49.7 Å². The molecule has 0 saturated heterocycles. The Bertz CT molecular complexity index is 444. The van der Waals surface area contributed by atoms with E-state index in [1.807, 2.05) is 0 Å². The van der Waals surface area contributed by atoms with Gasteiger partial charge in [-0.1, -0.05) is 13.0 Å². The minimum absolute atomic E-state index is 0.130. The van der Waals surface area contributed by atoms with E-state index in [2.05, 4.69) is 0 Å². The van der Waals surface area contributed by atoms with E-state index in [1.165, 1.54) is 20.1 Å². The van der Waals surface area contributed by atoms with E-state index in [0.29, 0.717) is 5.56 Å². The quantitative estimate of drug-likeness (QED) is 0.877. The molecule has 0 bridgehead atoms. The molecule has 3 atom stereocenters. The Kier molecular flexibility index (Phi) is 5.42. The fourth-order valence-electron chi connectivity index (χ4n) is 1.98. The maximum atomic E-state index is 12.6. The van der Waals surface area contributed by atoms with Crippen LogP contribution in [0.5, 0.6) is 5.75 Å². The lowest BCUT2D eigenvalue weighted by molar-refractivity contribution is -0.137. The number of aliphatic hydroxyl groups excluding tert-OH is 2. The molecule has 0 spiro atoms. The SMILES string of the molecule is COc1cc(C(F)(F)F)ccc1C(C)CC(O)C(C)O. The Labute approximate surface area is 116 Å². The molecule has 3 unspecified atom stereocenters. The molecule has 0 fully saturated rings. The van der Waals surface area contributed by atoms with Crippen LogP contribution in [0, 0.1) is 0 Å². The number of hydrogen-bond acceptors (Lipinski definition) is 3. The van der Waals surface area contributed by atoms with Crippen LogP contribution in [0.1, 0.15) is 37.3 Å². The van der Waals surface area contributed by atoms with Crippen molar-refractivity contribution in [3.05, 3.63) is 29.3 Å². The molecular formula is C14H19F3O3. The van der Waals surface area contributed by atoms with Crippen molar-refractivity contribution in [2.24, 2.45) is 0 Å². The van der Waals surface area contributed by atoms with Gasteiger partial charge in [0.05, 0.1) is 24.9 Å². The molecule has 114 valence electrons. The summed E-state index contributed by atoms with van der Waals surface area (Å²) in [4.78, 5) is 0.